The zero-order chi connectivity index (χ0) is 38.0. The number of carbonyl (C=O) groups is 3. The van der Waals surface area contributed by atoms with Crippen LogP contribution in [-0.4, -0.2) is 72.9 Å². The Kier molecular flexibility index (Phi) is 17.7. The Bertz CT molecular complexity index is 1690. The second kappa shape index (κ2) is 22.4. The van der Waals surface area contributed by atoms with Crippen molar-refractivity contribution in [3.8, 4) is 16.9 Å². The maximum absolute atomic E-state index is 13.2. The number of unbranched alkanes of at least 4 members (excludes halogenated alkanes) is 10. The van der Waals surface area contributed by atoms with Crippen molar-refractivity contribution >= 4 is 46.0 Å². The molecular formula is C42H59ClN4O6. The van der Waals surface area contributed by atoms with Gasteiger partial charge >= 0.3 is 5.63 Å². The van der Waals surface area contributed by atoms with E-state index in [4.69, 9.17) is 20.8 Å². The number of rotatable bonds is 23. The SMILES string of the molecule is CCCCCCCCCCCCCC(=O)Nc1ccc(-c2cc(=O)oc3cc(O[C@H](C)C(=O)N(CC)CC(=O)NCCN4CCCC4)ccc23)c(Cl)c1. The van der Waals surface area contributed by atoms with E-state index in [2.05, 4.69) is 22.5 Å². The van der Waals surface area contributed by atoms with Crippen LogP contribution >= 0.6 is 11.6 Å². The number of likely N-dealkylation sites (N-methyl/N-ethyl adjacent to an activating group) is 1. The molecule has 0 aliphatic carbocycles. The summed E-state index contributed by atoms with van der Waals surface area (Å²) in [6.45, 7) is 9.46. The molecule has 2 aromatic carbocycles. The third-order valence-electron chi connectivity index (χ3n) is 9.90. The predicted molar refractivity (Wildman–Crippen MR) is 214 cm³/mol. The summed E-state index contributed by atoms with van der Waals surface area (Å²) in [4.78, 5) is 54.9. The average Bonchev–Trinajstić information content (AvgIpc) is 3.66. The van der Waals surface area contributed by atoms with Crippen LogP contribution in [0.4, 0.5) is 5.69 Å². The molecule has 1 aromatic heterocycles. The molecule has 53 heavy (non-hydrogen) atoms. The number of likely N-dealkylation sites (tertiary alicyclic amines) is 1. The number of hydrogen-bond acceptors (Lipinski definition) is 7. The molecule has 4 rings (SSSR count). The molecule has 0 unspecified atom stereocenters. The summed E-state index contributed by atoms with van der Waals surface area (Å²) < 4.78 is 11.5. The molecule has 0 spiro atoms. The van der Waals surface area contributed by atoms with Crippen LogP contribution in [0.2, 0.25) is 5.02 Å². The monoisotopic (exact) mass is 750 g/mol. The number of hydrogen-bond donors (Lipinski definition) is 2. The van der Waals surface area contributed by atoms with Gasteiger partial charge in [0.15, 0.2) is 6.10 Å². The average molecular weight is 751 g/mol. The van der Waals surface area contributed by atoms with Gasteiger partial charge in [-0.3, -0.25) is 14.4 Å². The normalized spacial score (nSPS) is 13.6. The highest BCUT2D eigenvalue weighted by atomic mass is 35.5. The summed E-state index contributed by atoms with van der Waals surface area (Å²) in [6.07, 6.45) is 15.5. The summed E-state index contributed by atoms with van der Waals surface area (Å²) in [6, 6.07) is 11.7. The highest BCUT2D eigenvalue weighted by Crippen LogP contribution is 2.35. The fourth-order valence-corrected chi connectivity index (χ4v) is 7.15. The maximum atomic E-state index is 13.2. The largest absolute Gasteiger partial charge is 0.481 e. The first-order valence-electron chi connectivity index (χ1n) is 19.8. The van der Waals surface area contributed by atoms with E-state index in [0.29, 0.717) is 52.5 Å². The zero-order valence-electron chi connectivity index (χ0n) is 32.0. The number of anilines is 1. The summed E-state index contributed by atoms with van der Waals surface area (Å²) >= 11 is 6.71. The molecule has 1 atom stereocenters. The van der Waals surface area contributed by atoms with Crippen molar-refractivity contribution < 1.29 is 23.5 Å². The Balaban J connectivity index is 1.28. The van der Waals surface area contributed by atoms with E-state index in [-0.39, 0.29) is 29.8 Å². The molecule has 1 saturated heterocycles. The molecular weight excluding hydrogens is 692 g/mol. The number of fused-ring (bicyclic) bond motifs is 1. The van der Waals surface area contributed by atoms with Crippen LogP contribution in [0.25, 0.3) is 22.1 Å². The molecule has 2 N–H and O–H groups in total. The third kappa shape index (κ3) is 13.8. The Labute approximate surface area is 320 Å². The van der Waals surface area contributed by atoms with Gasteiger partial charge in [0.25, 0.3) is 5.91 Å². The molecule has 1 aliphatic rings. The fourth-order valence-electron chi connectivity index (χ4n) is 6.87. The van der Waals surface area contributed by atoms with Crippen LogP contribution in [0.3, 0.4) is 0 Å². The van der Waals surface area contributed by atoms with Gasteiger partial charge in [-0.05, 0) is 70.5 Å². The van der Waals surface area contributed by atoms with Crippen LogP contribution in [0.15, 0.2) is 51.7 Å². The number of halogens is 1. The van der Waals surface area contributed by atoms with Gasteiger partial charge in [-0.15, -0.1) is 0 Å². The minimum Gasteiger partial charge on any atom is -0.481 e. The van der Waals surface area contributed by atoms with E-state index < -0.39 is 11.7 Å². The molecule has 290 valence electrons. The zero-order valence-corrected chi connectivity index (χ0v) is 32.7. The molecule has 0 bridgehead atoms. The van der Waals surface area contributed by atoms with Crippen LogP contribution in [-0.2, 0) is 14.4 Å². The summed E-state index contributed by atoms with van der Waals surface area (Å²) in [5, 5.41) is 6.87. The van der Waals surface area contributed by atoms with Crippen molar-refractivity contribution in [1.29, 1.82) is 0 Å². The van der Waals surface area contributed by atoms with Gasteiger partial charge in [0.05, 0.1) is 11.6 Å². The third-order valence-corrected chi connectivity index (χ3v) is 10.2. The Morgan fingerprint density at radius 2 is 1.55 bits per heavy atom. The van der Waals surface area contributed by atoms with Crippen LogP contribution in [0.5, 0.6) is 5.75 Å². The molecule has 0 saturated carbocycles. The number of benzene rings is 2. The lowest BCUT2D eigenvalue weighted by atomic mass is 10.0. The van der Waals surface area contributed by atoms with Gasteiger partial charge in [0.1, 0.15) is 11.3 Å². The predicted octanol–water partition coefficient (Wildman–Crippen LogP) is 8.58. The molecule has 2 heterocycles. The quantitative estimate of drug-likeness (QED) is 0.0736. The van der Waals surface area contributed by atoms with Crippen molar-refractivity contribution in [1.82, 2.24) is 15.1 Å². The smallest absolute Gasteiger partial charge is 0.336 e. The second-order valence-corrected chi connectivity index (χ2v) is 14.6. The Morgan fingerprint density at radius 1 is 0.868 bits per heavy atom. The first-order valence-corrected chi connectivity index (χ1v) is 20.2. The van der Waals surface area contributed by atoms with E-state index in [1.165, 1.54) is 75.2 Å². The minimum atomic E-state index is -0.883. The first-order chi connectivity index (χ1) is 25.7. The van der Waals surface area contributed by atoms with E-state index in [1.807, 2.05) is 6.92 Å². The number of nitrogens with one attached hydrogen (secondary N) is 2. The van der Waals surface area contributed by atoms with E-state index in [1.54, 1.807) is 43.3 Å². The first kappa shape index (κ1) is 41.9. The van der Waals surface area contributed by atoms with Crippen LogP contribution < -0.4 is 21.0 Å². The van der Waals surface area contributed by atoms with Crippen LogP contribution in [0.1, 0.15) is 111 Å². The van der Waals surface area contributed by atoms with Gasteiger partial charge in [0, 0.05) is 60.4 Å². The van der Waals surface area contributed by atoms with Gasteiger partial charge in [0.2, 0.25) is 11.8 Å². The highest BCUT2D eigenvalue weighted by molar-refractivity contribution is 6.34. The van der Waals surface area contributed by atoms with Gasteiger partial charge in [-0.1, -0.05) is 88.8 Å². The molecule has 1 fully saturated rings. The van der Waals surface area contributed by atoms with E-state index in [0.717, 1.165) is 38.9 Å². The number of carbonyl (C=O) groups excluding carboxylic acids is 3. The molecule has 3 aromatic rings. The van der Waals surface area contributed by atoms with Crippen molar-refractivity contribution in [3.05, 3.63) is 57.9 Å². The standard InChI is InChI=1S/C42H59ClN4O6/c1-4-6-7-8-9-10-11-12-13-14-15-18-39(48)45-32-19-21-34(37(43)27-32)36-29-41(50)53-38-28-33(20-22-35(36)38)52-31(3)42(51)47(5-2)30-40(49)44-23-26-46-24-16-17-25-46/h19-22,27-29,31H,4-18,23-26,30H2,1-3H3,(H,44,49)(H,45,48)/t31-/m1/s1. The Morgan fingerprint density at radius 3 is 2.21 bits per heavy atom. The van der Waals surface area contributed by atoms with Gasteiger partial charge in [-0.2, -0.15) is 0 Å². The summed E-state index contributed by atoms with van der Waals surface area (Å²) in [5.41, 5.74) is 1.48. The van der Waals surface area contributed by atoms with Crippen molar-refractivity contribution in [2.24, 2.45) is 0 Å². The van der Waals surface area contributed by atoms with Crippen molar-refractivity contribution in [3.63, 3.8) is 0 Å². The van der Waals surface area contributed by atoms with E-state index >= 15 is 0 Å². The molecule has 11 heteroatoms. The molecule has 1 aliphatic heterocycles. The van der Waals surface area contributed by atoms with Crippen molar-refractivity contribution in [2.45, 2.75) is 117 Å². The lowest BCUT2D eigenvalue weighted by Gasteiger charge is -2.24. The van der Waals surface area contributed by atoms with Crippen LogP contribution in [0, 0.1) is 0 Å². The fraction of sp³-hybridized carbons (Fsp3) is 0.571. The van der Waals surface area contributed by atoms with E-state index in [9.17, 15) is 19.2 Å². The minimum absolute atomic E-state index is 0.0472. The summed E-state index contributed by atoms with van der Waals surface area (Å²) in [5.74, 6) is -0.240. The highest BCUT2D eigenvalue weighted by Gasteiger charge is 2.24. The lowest BCUT2D eigenvalue weighted by Crippen LogP contribution is -2.46. The lowest BCUT2D eigenvalue weighted by molar-refractivity contribution is -0.141. The summed E-state index contributed by atoms with van der Waals surface area (Å²) in [7, 11) is 0. The molecule has 3 amide bonds. The van der Waals surface area contributed by atoms with Crippen molar-refractivity contribution in [2.75, 3.05) is 44.6 Å². The number of amides is 3. The Hall–Kier alpha value is -3.89. The topological polar surface area (TPSA) is 121 Å². The second-order valence-electron chi connectivity index (χ2n) is 14.2. The maximum Gasteiger partial charge on any atom is 0.336 e. The molecule has 0 radical (unpaired) electrons. The molecule has 10 nitrogen and oxygen atoms in total. The number of nitrogens with zero attached hydrogens (tertiary/aromatic N) is 2. The van der Waals surface area contributed by atoms with Gasteiger partial charge < -0.3 is 29.6 Å². The number of ether oxygens (including phenoxy) is 1. The van der Waals surface area contributed by atoms with Gasteiger partial charge in [-0.25, -0.2) is 4.79 Å².